The van der Waals surface area contributed by atoms with Crippen molar-refractivity contribution in [2.45, 2.75) is 38.1 Å². The molecule has 3 aromatic rings. The summed E-state index contributed by atoms with van der Waals surface area (Å²) in [6.45, 7) is 1.20. The van der Waals surface area contributed by atoms with Crippen molar-refractivity contribution in [2.75, 3.05) is 18.9 Å². The van der Waals surface area contributed by atoms with Gasteiger partial charge in [-0.3, -0.25) is 9.59 Å². The van der Waals surface area contributed by atoms with Crippen LogP contribution in [0.1, 0.15) is 46.9 Å². The molecule has 1 atom stereocenters. The normalized spacial score (nSPS) is 18.0. The molecule has 2 amide bonds. The third-order valence-corrected chi connectivity index (χ3v) is 6.60. The van der Waals surface area contributed by atoms with Crippen molar-refractivity contribution < 1.29 is 9.59 Å². The summed E-state index contributed by atoms with van der Waals surface area (Å²) in [5, 5.41) is 12.4. The number of nitrogens with one attached hydrogen (secondary N) is 1. The van der Waals surface area contributed by atoms with Crippen molar-refractivity contribution >= 4 is 29.1 Å². The first-order valence-electron chi connectivity index (χ1n) is 10.9. The van der Waals surface area contributed by atoms with Crippen LogP contribution in [0.3, 0.4) is 0 Å². The molecule has 7 nitrogen and oxygen atoms in total. The monoisotopic (exact) mass is 449 g/mol. The van der Waals surface area contributed by atoms with Crippen LogP contribution in [0.5, 0.6) is 0 Å². The van der Waals surface area contributed by atoms with Gasteiger partial charge in [0.25, 0.3) is 5.91 Å². The molecular weight excluding hydrogens is 426 g/mol. The summed E-state index contributed by atoms with van der Waals surface area (Å²) in [6, 6.07) is 12.7. The van der Waals surface area contributed by atoms with Crippen molar-refractivity contribution in [1.29, 1.82) is 0 Å². The lowest BCUT2D eigenvalue weighted by atomic mass is 9.89. The molecule has 0 saturated carbocycles. The Bertz CT molecular complexity index is 1200. The Kier molecular flexibility index (Phi) is 5.43. The van der Waals surface area contributed by atoms with E-state index in [1.165, 1.54) is 6.42 Å². The van der Waals surface area contributed by atoms with E-state index in [1.54, 1.807) is 30.1 Å². The standard InChI is InChI=1S/C24H24ClN5O2/c1-29-14-19(16-7-4-5-8-17(16)24(29)32)23(31)26-15-10-11-20(25)18(13-15)22-28-27-21-9-3-2-6-12-30(21)22/h4-5,7-8,10-11,13,19H,2-3,6,9,12,14H2,1H3,(H,26,31). The van der Waals surface area contributed by atoms with Crippen molar-refractivity contribution in [3.63, 3.8) is 0 Å². The van der Waals surface area contributed by atoms with Gasteiger partial charge < -0.3 is 14.8 Å². The van der Waals surface area contributed by atoms with E-state index in [-0.39, 0.29) is 11.8 Å². The molecule has 164 valence electrons. The predicted octanol–water partition coefficient (Wildman–Crippen LogP) is 4.13. The van der Waals surface area contributed by atoms with E-state index >= 15 is 0 Å². The maximum absolute atomic E-state index is 13.2. The quantitative estimate of drug-likeness (QED) is 0.651. The zero-order chi connectivity index (χ0) is 22.2. The van der Waals surface area contributed by atoms with Crippen molar-refractivity contribution in [3.05, 3.63) is 64.4 Å². The van der Waals surface area contributed by atoms with Gasteiger partial charge >= 0.3 is 0 Å². The van der Waals surface area contributed by atoms with Crippen LogP contribution in [0.2, 0.25) is 5.02 Å². The Hall–Kier alpha value is -3.19. The molecule has 0 radical (unpaired) electrons. The van der Waals surface area contributed by atoms with E-state index < -0.39 is 5.92 Å². The number of hydrogen-bond acceptors (Lipinski definition) is 4. The Labute approximate surface area is 191 Å². The van der Waals surface area contributed by atoms with Crippen molar-refractivity contribution in [3.8, 4) is 11.4 Å². The first-order chi connectivity index (χ1) is 15.5. The molecule has 0 bridgehead atoms. The lowest BCUT2D eigenvalue weighted by molar-refractivity contribution is -0.117. The predicted molar refractivity (Wildman–Crippen MR) is 123 cm³/mol. The minimum Gasteiger partial charge on any atom is -0.341 e. The molecule has 32 heavy (non-hydrogen) atoms. The van der Waals surface area contributed by atoms with E-state index in [0.717, 1.165) is 48.6 Å². The van der Waals surface area contributed by atoms with Gasteiger partial charge in [0.05, 0.1) is 10.9 Å². The number of fused-ring (bicyclic) bond motifs is 2. The Morgan fingerprint density at radius 1 is 1.09 bits per heavy atom. The number of aryl methyl sites for hydroxylation is 1. The van der Waals surface area contributed by atoms with Gasteiger partial charge in [0, 0.05) is 43.4 Å². The number of aromatic nitrogens is 3. The van der Waals surface area contributed by atoms with Gasteiger partial charge in [-0.25, -0.2) is 0 Å². The summed E-state index contributed by atoms with van der Waals surface area (Å²) in [6.07, 6.45) is 4.28. The number of carbonyl (C=O) groups is 2. The number of halogens is 1. The van der Waals surface area contributed by atoms with E-state index in [0.29, 0.717) is 22.8 Å². The minimum absolute atomic E-state index is 0.0640. The number of likely N-dealkylation sites (N-methyl/N-ethyl adjacent to an activating group) is 1. The zero-order valence-corrected chi connectivity index (χ0v) is 18.6. The molecule has 1 aromatic heterocycles. The molecule has 2 aliphatic rings. The van der Waals surface area contributed by atoms with Gasteiger partial charge in [-0.1, -0.05) is 36.2 Å². The van der Waals surface area contributed by atoms with Gasteiger partial charge in [0.1, 0.15) is 5.82 Å². The molecule has 8 heteroatoms. The molecule has 1 unspecified atom stereocenters. The first-order valence-corrected chi connectivity index (χ1v) is 11.3. The van der Waals surface area contributed by atoms with Crippen LogP contribution >= 0.6 is 11.6 Å². The topological polar surface area (TPSA) is 80.1 Å². The maximum Gasteiger partial charge on any atom is 0.253 e. The Balaban J connectivity index is 1.44. The summed E-state index contributed by atoms with van der Waals surface area (Å²) in [4.78, 5) is 27.3. The summed E-state index contributed by atoms with van der Waals surface area (Å²) >= 11 is 6.52. The number of carbonyl (C=O) groups excluding carboxylic acids is 2. The van der Waals surface area contributed by atoms with E-state index in [4.69, 9.17) is 11.6 Å². The van der Waals surface area contributed by atoms with Crippen LogP contribution in [0, 0.1) is 0 Å². The SMILES string of the molecule is CN1CC(C(=O)Nc2ccc(Cl)c(-c3nnc4n3CCCCC4)c2)c2ccccc2C1=O. The number of hydrogen-bond donors (Lipinski definition) is 1. The fourth-order valence-corrected chi connectivity index (χ4v) is 4.77. The van der Waals surface area contributed by atoms with E-state index in [2.05, 4.69) is 20.1 Å². The molecule has 0 fully saturated rings. The number of nitrogens with zero attached hydrogens (tertiary/aromatic N) is 4. The van der Waals surface area contributed by atoms with Crippen LogP contribution in [0.4, 0.5) is 5.69 Å². The van der Waals surface area contributed by atoms with Crippen LogP contribution in [-0.2, 0) is 17.8 Å². The van der Waals surface area contributed by atoms with Gasteiger partial charge in [0.15, 0.2) is 5.82 Å². The fraction of sp³-hybridized carbons (Fsp3) is 0.333. The third kappa shape index (κ3) is 3.66. The summed E-state index contributed by atoms with van der Waals surface area (Å²) in [7, 11) is 1.72. The summed E-state index contributed by atoms with van der Waals surface area (Å²) in [5.41, 5.74) is 2.72. The Morgan fingerprint density at radius 2 is 1.94 bits per heavy atom. The maximum atomic E-state index is 13.2. The molecule has 0 spiro atoms. The second kappa shape index (κ2) is 8.39. The molecule has 1 N–H and O–H groups in total. The average Bonchev–Trinajstić information content (AvgIpc) is 3.05. The van der Waals surface area contributed by atoms with Crippen LogP contribution in [0.15, 0.2) is 42.5 Å². The largest absolute Gasteiger partial charge is 0.341 e. The van der Waals surface area contributed by atoms with Gasteiger partial charge in [-0.15, -0.1) is 10.2 Å². The highest BCUT2D eigenvalue weighted by atomic mass is 35.5. The van der Waals surface area contributed by atoms with E-state index in [9.17, 15) is 9.59 Å². The lowest BCUT2D eigenvalue weighted by Crippen LogP contribution is -2.41. The molecule has 0 aliphatic carbocycles. The summed E-state index contributed by atoms with van der Waals surface area (Å²) < 4.78 is 2.14. The van der Waals surface area contributed by atoms with Gasteiger partial charge in [-0.2, -0.15) is 0 Å². The van der Waals surface area contributed by atoms with Crippen LogP contribution in [0.25, 0.3) is 11.4 Å². The summed E-state index contributed by atoms with van der Waals surface area (Å²) in [5.74, 6) is 1.04. The molecule has 5 rings (SSSR count). The molecule has 3 heterocycles. The molecular formula is C24H24ClN5O2. The van der Waals surface area contributed by atoms with Crippen molar-refractivity contribution in [1.82, 2.24) is 19.7 Å². The van der Waals surface area contributed by atoms with E-state index in [1.807, 2.05) is 24.3 Å². The van der Waals surface area contributed by atoms with Crippen LogP contribution < -0.4 is 5.32 Å². The first kappa shape index (κ1) is 20.7. The minimum atomic E-state index is -0.447. The highest BCUT2D eigenvalue weighted by Gasteiger charge is 2.33. The highest BCUT2D eigenvalue weighted by Crippen LogP contribution is 2.33. The Morgan fingerprint density at radius 3 is 2.81 bits per heavy atom. The smallest absolute Gasteiger partial charge is 0.253 e. The second-order valence-corrected chi connectivity index (χ2v) is 8.82. The highest BCUT2D eigenvalue weighted by molar-refractivity contribution is 6.33. The molecule has 2 aromatic carbocycles. The van der Waals surface area contributed by atoms with Gasteiger partial charge in [0.2, 0.25) is 5.91 Å². The zero-order valence-electron chi connectivity index (χ0n) is 17.8. The lowest BCUT2D eigenvalue weighted by Gasteiger charge is -2.31. The van der Waals surface area contributed by atoms with Crippen LogP contribution in [-0.4, -0.2) is 45.1 Å². The number of amides is 2. The number of rotatable bonds is 3. The average molecular weight is 450 g/mol. The molecule has 0 saturated heterocycles. The molecule has 2 aliphatic heterocycles. The number of benzene rings is 2. The fourth-order valence-electron chi connectivity index (χ4n) is 4.57. The second-order valence-electron chi connectivity index (χ2n) is 8.41. The third-order valence-electron chi connectivity index (χ3n) is 6.27. The number of anilines is 1. The van der Waals surface area contributed by atoms with Gasteiger partial charge in [-0.05, 0) is 42.7 Å². The van der Waals surface area contributed by atoms with Crippen molar-refractivity contribution in [2.24, 2.45) is 0 Å².